The molecule has 0 saturated carbocycles. The maximum atomic E-state index is 11.2. The Balaban J connectivity index is -0.00000133. The monoisotopic (exact) mass is 340 g/mol. The molecule has 1 rings (SSSR count). The molecule has 118 valence electrons. The number of aryl methyl sites for hydroxylation is 1. The van der Waals surface area contributed by atoms with E-state index in [-0.39, 0.29) is 45.5 Å². The summed E-state index contributed by atoms with van der Waals surface area (Å²) in [5.41, 5.74) is 0.723. The molecule has 0 aromatic heterocycles. The van der Waals surface area contributed by atoms with E-state index in [1.54, 1.807) is 12.1 Å². The van der Waals surface area contributed by atoms with Gasteiger partial charge < -0.3 is 2.85 Å². The van der Waals surface area contributed by atoms with Crippen molar-refractivity contribution in [3.8, 4) is 0 Å². The van der Waals surface area contributed by atoms with Gasteiger partial charge in [-0.15, -0.1) is 0 Å². The van der Waals surface area contributed by atoms with Gasteiger partial charge >= 0.3 is 37.7 Å². The third-order valence-corrected chi connectivity index (χ3v) is 4.50. The Morgan fingerprint density at radius 3 is 2.05 bits per heavy atom. The van der Waals surface area contributed by atoms with Crippen molar-refractivity contribution < 1.29 is 15.8 Å². The second-order valence-corrected chi connectivity index (χ2v) is 6.70. The number of hydrogen-bond donors (Lipinski definition) is 1. The average Bonchev–Trinajstić information content (AvgIpc) is 2.41. The summed E-state index contributed by atoms with van der Waals surface area (Å²) in [7, 11) is -4.09. The maximum Gasteiger partial charge on any atom is 2.00 e. The van der Waals surface area contributed by atoms with E-state index in [0.717, 1.165) is 18.4 Å². The van der Waals surface area contributed by atoms with Gasteiger partial charge in [-0.2, -0.15) is 8.42 Å². The number of benzene rings is 1. The third kappa shape index (κ3) is 9.19. The van der Waals surface area contributed by atoms with Gasteiger partial charge in [0.1, 0.15) is 0 Å². The molecular weight excluding hydrogens is 312 g/mol. The summed E-state index contributed by atoms with van der Waals surface area (Å²) < 4.78 is 31.7. The van der Waals surface area contributed by atoms with E-state index in [4.69, 9.17) is 4.55 Å². The molecule has 5 heteroatoms. The molecule has 1 aromatic carbocycles. The van der Waals surface area contributed by atoms with Gasteiger partial charge in [0.05, 0.1) is 4.90 Å². The molecule has 1 N–H and O–H groups in total. The van der Waals surface area contributed by atoms with Crippen molar-refractivity contribution in [3.63, 3.8) is 0 Å². The van der Waals surface area contributed by atoms with Crippen LogP contribution in [0.15, 0.2) is 29.2 Å². The zero-order valence-electron chi connectivity index (χ0n) is 15.1. The predicted octanol–water partition coefficient (Wildman–Crippen LogP) is 4.46. The molecule has 0 aliphatic carbocycles. The molecule has 0 atom stereocenters. The van der Waals surface area contributed by atoms with Crippen LogP contribution in [0.5, 0.6) is 0 Å². The van der Waals surface area contributed by atoms with Crippen molar-refractivity contribution in [1.82, 2.24) is 0 Å². The van der Waals surface area contributed by atoms with Gasteiger partial charge in [0.2, 0.25) is 0 Å². The maximum absolute atomic E-state index is 11.2. The first-order valence-corrected chi connectivity index (χ1v) is 9.05. The summed E-state index contributed by atoms with van der Waals surface area (Å²) in [5.74, 6) is 0. The zero-order valence-corrected chi connectivity index (χ0v) is 16.1. The number of hydrogen-bond acceptors (Lipinski definition) is 2. The fourth-order valence-corrected chi connectivity index (χ4v) is 3.16. The van der Waals surface area contributed by atoms with Crippen LogP contribution in [0.4, 0.5) is 0 Å². The Morgan fingerprint density at radius 2 is 1.48 bits per heavy atom. The minimum absolute atomic E-state index is 0. The molecule has 0 amide bonds. The quantitative estimate of drug-likeness (QED) is 0.389. The Bertz CT molecular complexity index is 496. The van der Waals surface area contributed by atoms with Gasteiger partial charge in [0, 0.05) is 0 Å². The van der Waals surface area contributed by atoms with Crippen LogP contribution in [0.2, 0.25) is 0 Å². The fraction of sp³-hybridized carbons (Fsp3) is 0.625. The molecular formula is C16H28CaO3S. The summed E-state index contributed by atoms with van der Waals surface area (Å²) in [6.45, 7) is 2.21. The van der Waals surface area contributed by atoms with Crippen LogP contribution in [-0.4, -0.2) is 50.7 Å². The van der Waals surface area contributed by atoms with Crippen LogP contribution in [-0.2, 0) is 16.5 Å². The van der Waals surface area contributed by atoms with Crippen LogP contribution in [0.1, 0.15) is 66.7 Å². The van der Waals surface area contributed by atoms with E-state index < -0.39 is 10.1 Å². The average molecular weight is 341 g/mol. The van der Waals surface area contributed by atoms with Crippen molar-refractivity contribution in [2.75, 3.05) is 0 Å². The summed E-state index contributed by atoms with van der Waals surface area (Å²) >= 11 is 0. The van der Waals surface area contributed by atoms with Crippen LogP contribution in [0.3, 0.4) is 0 Å². The van der Waals surface area contributed by atoms with Crippen molar-refractivity contribution in [3.05, 3.63) is 29.8 Å². The number of rotatable bonds is 10. The zero-order chi connectivity index (χ0) is 14.8. The van der Waals surface area contributed by atoms with Crippen molar-refractivity contribution in [2.24, 2.45) is 0 Å². The summed E-state index contributed by atoms with van der Waals surface area (Å²) in [6, 6.07) is 6.70. The van der Waals surface area contributed by atoms with Crippen molar-refractivity contribution >= 4 is 47.9 Å². The third-order valence-electron chi connectivity index (χ3n) is 3.55. The standard InChI is InChI=1S/C16H26O3S.Ca.2H/c1-2-3-4-5-6-7-8-9-12-15-13-10-11-14-16(15)20(17,18)19;;;/h10-11,13-14H,2-9,12H2,1H3,(H,17,18,19);;;/q;+2;2*-1. The predicted molar refractivity (Wildman–Crippen MR) is 90.5 cm³/mol. The Kier molecular flexibility index (Phi) is 12.1. The summed E-state index contributed by atoms with van der Waals surface area (Å²) in [4.78, 5) is 0.0583. The van der Waals surface area contributed by atoms with Crippen molar-refractivity contribution in [2.45, 2.75) is 69.6 Å². The summed E-state index contributed by atoms with van der Waals surface area (Å²) in [5, 5.41) is 0. The second-order valence-electron chi connectivity index (χ2n) is 5.31. The van der Waals surface area contributed by atoms with Crippen LogP contribution in [0, 0.1) is 0 Å². The van der Waals surface area contributed by atoms with Gasteiger partial charge in [-0.25, -0.2) is 0 Å². The molecule has 0 heterocycles. The minimum Gasteiger partial charge on any atom is -1.00 e. The van der Waals surface area contributed by atoms with E-state index in [9.17, 15) is 8.42 Å². The second kappa shape index (κ2) is 11.9. The molecule has 0 aliphatic rings. The smallest absolute Gasteiger partial charge is 1.00 e. The van der Waals surface area contributed by atoms with E-state index in [2.05, 4.69) is 6.92 Å². The first-order valence-electron chi connectivity index (χ1n) is 7.61. The van der Waals surface area contributed by atoms with Gasteiger partial charge in [0.15, 0.2) is 0 Å². The van der Waals surface area contributed by atoms with Gasteiger partial charge in [-0.3, -0.25) is 4.55 Å². The molecule has 21 heavy (non-hydrogen) atoms. The Hall–Kier alpha value is 0.390. The number of unbranched alkanes of at least 4 members (excludes halogenated alkanes) is 7. The molecule has 1 aromatic rings. The van der Waals surface area contributed by atoms with Gasteiger partial charge in [-0.05, 0) is 24.5 Å². The molecule has 0 fully saturated rings. The van der Waals surface area contributed by atoms with E-state index >= 15 is 0 Å². The van der Waals surface area contributed by atoms with E-state index in [0.29, 0.717) is 6.42 Å². The largest absolute Gasteiger partial charge is 2.00 e. The Morgan fingerprint density at radius 1 is 0.952 bits per heavy atom. The topological polar surface area (TPSA) is 54.4 Å². The molecule has 0 saturated heterocycles. The normalized spacial score (nSPS) is 11.1. The first kappa shape index (κ1) is 21.4. The van der Waals surface area contributed by atoms with Gasteiger partial charge in [-0.1, -0.05) is 70.1 Å². The van der Waals surface area contributed by atoms with Crippen LogP contribution < -0.4 is 0 Å². The van der Waals surface area contributed by atoms with E-state index in [1.807, 2.05) is 6.07 Å². The molecule has 0 aliphatic heterocycles. The SMILES string of the molecule is CCCCCCCCCCc1ccccc1S(=O)(=O)O.[Ca+2].[H-].[H-]. The molecule has 0 unspecified atom stereocenters. The molecule has 0 spiro atoms. The molecule has 3 nitrogen and oxygen atoms in total. The van der Waals surface area contributed by atoms with E-state index in [1.165, 1.54) is 44.6 Å². The first-order chi connectivity index (χ1) is 9.55. The van der Waals surface area contributed by atoms with Gasteiger partial charge in [0.25, 0.3) is 10.1 Å². The Labute approximate surface area is 162 Å². The molecule has 0 radical (unpaired) electrons. The minimum atomic E-state index is -4.09. The van der Waals surface area contributed by atoms with Crippen LogP contribution >= 0.6 is 0 Å². The van der Waals surface area contributed by atoms with Crippen LogP contribution in [0.25, 0.3) is 0 Å². The van der Waals surface area contributed by atoms with Crippen molar-refractivity contribution in [1.29, 1.82) is 0 Å². The molecule has 0 bridgehead atoms. The summed E-state index contributed by atoms with van der Waals surface area (Å²) in [6.07, 6.45) is 10.5. The fourth-order valence-electron chi connectivity index (χ4n) is 2.41.